The fourth-order valence-electron chi connectivity index (χ4n) is 3.91. The van der Waals surface area contributed by atoms with Gasteiger partial charge in [-0.3, -0.25) is 13.9 Å². The number of alkyl halides is 1. The van der Waals surface area contributed by atoms with Crippen LogP contribution < -0.4 is 14.9 Å². The Kier molecular flexibility index (Phi) is 7.76. The van der Waals surface area contributed by atoms with E-state index in [1.165, 1.54) is 38.2 Å². The van der Waals surface area contributed by atoms with Crippen molar-refractivity contribution < 1.29 is 37.4 Å². The van der Waals surface area contributed by atoms with Crippen molar-refractivity contribution in [2.24, 2.45) is 0 Å². The van der Waals surface area contributed by atoms with Crippen molar-refractivity contribution in [1.82, 2.24) is 24.6 Å². The number of rotatable bonds is 10. The van der Waals surface area contributed by atoms with Crippen molar-refractivity contribution in [3.63, 3.8) is 0 Å². The van der Waals surface area contributed by atoms with Crippen LogP contribution >= 0.6 is 7.75 Å². The monoisotopic (exact) mass is 538 g/mol. The van der Waals surface area contributed by atoms with Crippen molar-refractivity contribution in [2.75, 3.05) is 26.1 Å². The number of aliphatic hydroxyl groups excluding tert-OH is 1. The van der Waals surface area contributed by atoms with Gasteiger partial charge in [0.2, 0.25) is 0 Å². The minimum Gasteiger partial charge on any atom is -0.468 e. The fraction of sp³-hybridized carbons (Fsp3) is 0.455. The highest BCUT2D eigenvalue weighted by atomic mass is 31.2. The van der Waals surface area contributed by atoms with Crippen LogP contribution in [0.25, 0.3) is 11.2 Å². The smallest absolute Gasteiger partial charge is 0.459 e. The lowest BCUT2D eigenvalue weighted by atomic mass is 9.98. The molecule has 0 aliphatic carbocycles. The van der Waals surface area contributed by atoms with Gasteiger partial charge in [0.25, 0.3) is 0 Å². The average Bonchev–Trinajstić information content (AvgIpc) is 3.40. The Morgan fingerprint density at radius 1 is 1.32 bits per heavy atom. The third-order valence-corrected chi connectivity index (χ3v) is 7.49. The molecule has 0 unspecified atom stereocenters. The second kappa shape index (κ2) is 10.7. The van der Waals surface area contributed by atoms with Crippen LogP contribution in [-0.4, -0.2) is 75.3 Å². The SMILES string of the molecule is CNc1ncnc2c1ncn2[C@@H]1O[C@H](CO[P@](=O)(N[C@H](C)C(=O)OC)Oc2ccccc2)[C@@H](O)[C@@]1(C)F. The predicted octanol–water partition coefficient (Wildman–Crippen LogP) is 2.21. The number of aromatic nitrogens is 4. The van der Waals surface area contributed by atoms with Crippen LogP contribution in [0.2, 0.25) is 0 Å². The van der Waals surface area contributed by atoms with Crippen LogP contribution in [0.1, 0.15) is 20.1 Å². The predicted molar refractivity (Wildman–Crippen MR) is 130 cm³/mol. The molecule has 6 atom stereocenters. The summed E-state index contributed by atoms with van der Waals surface area (Å²) < 4.78 is 52.3. The van der Waals surface area contributed by atoms with Gasteiger partial charge in [0.15, 0.2) is 23.4 Å². The minimum absolute atomic E-state index is 0.196. The van der Waals surface area contributed by atoms with E-state index in [2.05, 4.69) is 30.1 Å². The number of para-hydroxylation sites is 1. The van der Waals surface area contributed by atoms with Gasteiger partial charge in [-0.25, -0.2) is 23.9 Å². The maximum Gasteiger partial charge on any atom is 0.459 e. The Labute approximate surface area is 211 Å². The fourth-order valence-corrected chi connectivity index (χ4v) is 5.41. The third-order valence-electron chi connectivity index (χ3n) is 5.85. The van der Waals surface area contributed by atoms with E-state index >= 15 is 4.39 Å². The highest BCUT2D eigenvalue weighted by Crippen LogP contribution is 2.48. The third kappa shape index (κ3) is 5.43. The summed E-state index contributed by atoms with van der Waals surface area (Å²) in [6.07, 6.45) is -1.65. The lowest BCUT2D eigenvalue weighted by Gasteiger charge is -2.25. The molecule has 1 fully saturated rings. The van der Waals surface area contributed by atoms with E-state index in [-0.39, 0.29) is 11.4 Å². The number of esters is 1. The Bertz CT molecular complexity index is 1290. The van der Waals surface area contributed by atoms with E-state index in [1.54, 1.807) is 37.4 Å². The van der Waals surface area contributed by atoms with Gasteiger partial charge in [-0.2, -0.15) is 5.09 Å². The van der Waals surface area contributed by atoms with Gasteiger partial charge >= 0.3 is 13.7 Å². The first-order chi connectivity index (χ1) is 17.6. The summed E-state index contributed by atoms with van der Waals surface area (Å²) in [5, 5.41) is 16.1. The summed E-state index contributed by atoms with van der Waals surface area (Å²) in [6, 6.07) is 7.07. The number of hydrogen-bond acceptors (Lipinski definition) is 11. The molecule has 3 aromatic rings. The quantitative estimate of drug-likeness (QED) is 0.256. The maximum absolute atomic E-state index is 15.8. The summed E-state index contributed by atoms with van der Waals surface area (Å²) in [7, 11) is -1.39. The Morgan fingerprint density at radius 2 is 2.05 bits per heavy atom. The number of methoxy groups -OCH3 is 1. The number of carbonyl (C=O) groups is 1. The van der Waals surface area contributed by atoms with E-state index in [0.29, 0.717) is 11.3 Å². The van der Waals surface area contributed by atoms with Gasteiger partial charge in [-0.05, 0) is 26.0 Å². The molecule has 37 heavy (non-hydrogen) atoms. The molecule has 0 bridgehead atoms. The minimum atomic E-state index is -4.23. The molecular formula is C22H28FN6O7P. The Balaban J connectivity index is 1.55. The van der Waals surface area contributed by atoms with Crippen molar-refractivity contribution in [3.8, 4) is 5.75 Å². The number of anilines is 1. The summed E-state index contributed by atoms with van der Waals surface area (Å²) in [6.45, 7) is 2.05. The number of benzene rings is 1. The molecule has 13 nitrogen and oxygen atoms in total. The number of fused-ring (bicyclic) bond motifs is 1. The van der Waals surface area contributed by atoms with Crippen LogP contribution in [0.15, 0.2) is 43.0 Å². The van der Waals surface area contributed by atoms with Crippen LogP contribution in [-0.2, 0) is 23.4 Å². The normalized spacial score (nSPS) is 25.9. The summed E-state index contributed by atoms with van der Waals surface area (Å²) in [5.74, 6) is -0.0714. The van der Waals surface area contributed by atoms with Gasteiger partial charge < -0.3 is 24.4 Å². The van der Waals surface area contributed by atoms with Gasteiger partial charge in [0.05, 0.1) is 20.0 Å². The molecule has 2 aromatic heterocycles. The van der Waals surface area contributed by atoms with Crippen molar-refractivity contribution in [3.05, 3.63) is 43.0 Å². The first-order valence-corrected chi connectivity index (χ1v) is 12.9. The molecule has 0 amide bonds. The summed E-state index contributed by atoms with van der Waals surface area (Å²) in [5.41, 5.74) is -1.63. The van der Waals surface area contributed by atoms with E-state index < -0.39 is 50.5 Å². The number of halogens is 1. The zero-order valence-electron chi connectivity index (χ0n) is 20.6. The standard InChI is InChI=1S/C22H28FN6O7P/c1-13(20(31)33-4)28-37(32,36-14-8-6-5-7-9-14)34-10-15-17(30)22(2,23)21(35-15)29-12-27-16-18(24-3)25-11-26-19(16)29/h5-9,11-13,15,17,21,30H,10H2,1-4H3,(H,28,32)(H,24,25,26)/t13-,15-,17-,21-,22-,37-/m1/s1. The maximum atomic E-state index is 15.8. The lowest BCUT2D eigenvalue weighted by molar-refractivity contribution is -0.142. The highest BCUT2D eigenvalue weighted by molar-refractivity contribution is 7.52. The molecule has 0 radical (unpaired) electrons. The molecule has 3 heterocycles. The molecule has 1 aliphatic heterocycles. The highest BCUT2D eigenvalue weighted by Gasteiger charge is 2.56. The van der Waals surface area contributed by atoms with E-state index in [9.17, 15) is 14.5 Å². The van der Waals surface area contributed by atoms with E-state index in [0.717, 1.165) is 0 Å². The molecule has 1 saturated heterocycles. The molecule has 15 heteroatoms. The van der Waals surface area contributed by atoms with Crippen LogP contribution in [0.3, 0.4) is 0 Å². The molecule has 0 saturated carbocycles. The second-order valence-corrected chi connectivity index (χ2v) is 10.2. The van der Waals surface area contributed by atoms with Gasteiger partial charge in [0.1, 0.15) is 35.8 Å². The van der Waals surface area contributed by atoms with Gasteiger partial charge in [0, 0.05) is 7.05 Å². The number of ether oxygens (including phenoxy) is 2. The number of imidazole rings is 1. The number of nitrogens with one attached hydrogen (secondary N) is 2. The number of nitrogens with zero attached hydrogens (tertiary/aromatic N) is 4. The van der Waals surface area contributed by atoms with Crippen molar-refractivity contribution in [2.45, 2.75) is 44.0 Å². The molecule has 0 spiro atoms. The van der Waals surface area contributed by atoms with Crippen LogP contribution in [0.5, 0.6) is 5.75 Å². The first-order valence-electron chi connectivity index (χ1n) is 11.3. The molecule has 1 aromatic carbocycles. The van der Waals surface area contributed by atoms with Crippen LogP contribution in [0, 0.1) is 0 Å². The van der Waals surface area contributed by atoms with Crippen molar-refractivity contribution >= 4 is 30.7 Å². The second-order valence-electron chi connectivity index (χ2n) is 8.49. The van der Waals surface area contributed by atoms with Crippen LogP contribution in [0.4, 0.5) is 10.2 Å². The topological polar surface area (TPSA) is 159 Å². The Morgan fingerprint density at radius 3 is 2.73 bits per heavy atom. The number of aliphatic hydroxyl groups is 1. The average molecular weight is 538 g/mol. The summed E-state index contributed by atoms with van der Waals surface area (Å²) >= 11 is 0. The molecule has 1 aliphatic rings. The first kappa shape index (κ1) is 26.9. The lowest BCUT2D eigenvalue weighted by Crippen LogP contribution is -2.41. The van der Waals surface area contributed by atoms with E-state index in [4.69, 9.17) is 13.8 Å². The van der Waals surface area contributed by atoms with Gasteiger partial charge in [-0.15, -0.1) is 0 Å². The largest absolute Gasteiger partial charge is 0.468 e. The Hall–Kier alpha value is -3.16. The molecule has 4 rings (SSSR count). The number of hydrogen-bond donors (Lipinski definition) is 3. The van der Waals surface area contributed by atoms with Gasteiger partial charge in [-0.1, -0.05) is 18.2 Å². The zero-order valence-corrected chi connectivity index (χ0v) is 21.5. The molecular weight excluding hydrogens is 510 g/mol. The van der Waals surface area contributed by atoms with Crippen molar-refractivity contribution in [1.29, 1.82) is 0 Å². The molecule has 3 N–H and O–H groups in total. The summed E-state index contributed by atoms with van der Waals surface area (Å²) in [4.78, 5) is 24.4. The molecule has 200 valence electrons. The number of carbonyl (C=O) groups excluding carboxylic acids is 1. The van der Waals surface area contributed by atoms with E-state index in [1.807, 2.05) is 0 Å². The zero-order chi connectivity index (χ0) is 26.8.